The summed E-state index contributed by atoms with van der Waals surface area (Å²) in [6.07, 6.45) is 4.53. The van der Waals surface area contributed by atoms with Crippen molar-refractivity contribution in [1.82, 2.24) is 0 Å². The quantitative estimate of drug-likeness (QED) is 0.861. The van der Waals surface area contributed by atoms with Crippen molar-refractivity contribution in [2.24, 2.45) is 10.7 Å². The normalized spacial score (nSPS) is 11.6. The van der Waals surface area contributed by atoms with Crippen molar-refractivity contribution in [3.05, 3.63) is 82.8 Å². The highest BCUT2D eigenvalue weighted by Crippen LogP contribution is 2.14. The number of aryl methyl sites for hydroxylation is 2. The van der Waals surface area contributed by atoms with E-state index in [0.29, 0.717) is 23.3 Å². The molecular formula is C19H18FN3. The number of rotatable bonds is 5. The molecule has 0 aliphatic rings. The van der Waals surface area contributed by atoms with E-state index in [0.717, 1.165) is 17.5 Å². The van der Waals surface area contributed by atoms with Gasteiger partial charge in [0.1, 0.15) is 5.82 Å². The third kappa shape index (κ3) is 4.52. The second-order valence-electron chi connectivity index (χ2n) is 5.12. The van der Waals surface area contributed by atoms with Gasteiger partial charge in [0.2, 0.25) is 0 Å². The van der Waals surface area contributed by atoms with Crippen LogP contribution in [0.5, 0.6) is 0 Å². The topological polar surface area (TPSA) is 62.2 Å². The van der Waals surface area contributed by atoms with Crippen LogP contribution in [-0.2, 0) is 12.8 Å². The van der Waals surface area contributed by atoms with Gasteiger partial charge in [-0.1, -0.05) is 12.1 Å². The smallest absolute Gasteiger partial charge is 0.124 e. The van der Waals surface area contributed by atoms with Crippen LogP contribution < -0.4 is 5.73 Å². The van der Waals surface area contributed by atoms with Crippen molar-refractivity contribution < 1.29 is 4.39 Å². The minimum atomic E-state index is -0.288. The SMILES string of the molecule is CN=C(C=CN)c1cc(F)cc(CCc2ccc(C#N)cc2)c1. The van der Waals surface area contributed by atoms with Crippen LogP contribution in [0.3, 0.4) is 0 Å². The van der Waals surface area contributed by atoms with Crippen LogP contribution >= 0.6 is 0 Å². The zero-order chi connectivity index (χ0) is 16.7. The minimum Gasteiger partial charge on any atom is -0.405 e. The van der Waals surface area contributed by atoms with E-state index < -0.39 is 0 Å². The number of nitrogens with zero attached hydrogens (tertiary/aromatic N) is 2. The Labute approximate surface area is 135 Å². The molecule has 2 rings (SSSR count). The third-order valence-corrected chi connectivity index (χ3v) is 3.53. The van der Waals surface area contributed by atoms with E-state index >= 15 is 0 Å². The highest BCUT2D eigenvalue weighted by atomic mass is 19.1. The summed E-state index contributed by atoms with van der Waals surface area (Å²) >= 11 is 0. The molecule has 0 amide bonds. The maximum atomic E-state index is 13.8. The molecule has 2 N–H and O–H groups in total. The molecule has 0 atom stereocenters. The average molecular weight is 307 g/mol. The fraction of sp³-hybridized carbons (Fsp3) is 0.158. The highest BCUT2D eigenvalue weighted by molar-refractivity contribution is 6.08. The predicted molar refractivity (Wildman–Crippen MR) is 90.8 cm³/mol. The maximum Gasteiger partial charge on any atom is 0.124 e. The van der Waals surface area contributed by atoms with Gasteiger partial charge in [0, 0.05) is 12.6 Å². The monoisotopic (exact) mass is 307 g/mol. The number of benzene rings is 2. The summed E-state index contributed by atoms with van der Waals surface area (Å²) < 4.78 is 13.8. The lowest BCUT2D eigenvalue weighted by atomic mass is 10.00. The van der Waals surface area contributed by atoms with Gasteiger partial charge in [0.15, 0.2) is 0 Å². The Morgan fingerprint density at radius 3 is 2.48 bits per heavy atom. The first-order valence-electron chi connectivity index (χ1n) is 7.30. The summed E-state index contributed by atoms with van der Waals surface area (Å²) in [5.74, 6) is -0.288. The van der Waals surface area contributed by atoms with Crippen molar-refractivity contribution in [2.75, 3.05) is 7.05 Å². The van der Waals surface area contributed by atoms with Gasteiger partial charge in [-0.15, -0.1) is 0 Å². The van der Waals surface area contributed by atoms with Gasteiger partial charge in [-0.2, -0.15) is 5.26 Å². The minimum absolute atomic E-state index is 0.288. The zero-order valence-corrected chi connectivity index (χ0v) is 13.0. The zero-order valence-electron chi connectivity index (χ0n) is 13.0. The third-order valence-electron chi connectivity index (χ3n) is 3.53. The number of aliphatic imine (C=N–C) groups is 1. The van der Waals surface area contributed by atoms with E-state index in [2.05, 4.69) is 11.1 Å². The standard InChI is InChI=1S/C19H18FN3/c1-23-19(8-9-21)17-10-16(11-18(20)12-17)7-4-14-2-5-15(13-22)6-3-14/h2-3,5-6,8-12H,4,7,21H2,1H3. The molecule has 0 aliphatic carbocycles. The van der Waals surface area contributed by atoms with E-state index in [1.165, 1.54) is 18.3 Å². The summed E-state index contributed by atoms with van der Waals surface area (Å²) in [6.45, 7) is 0. The summed E-state index contributed by atoms with van der Waals surface area (Å²) in [7, 11) is 1.65. The number of allylic oxidation sites excluding steroid dienone is 1. The molecule has 3 nitrogen and oxygen atoms in total. The van der Waals surface area contributed by atoms with Crippen molar-refractivity contribution >= 4 is 5.71 Å². The molecule has 4 heteroatoms. The molecule has 0 radical (unpaired) electrons. The fourth-order valence-electron chi connectivity index (χ4n) is 2.37. The summed E-state index contributed by atoms with van der Waals surface area (Å²) in [5, 5.41) is 8.80. The second kappa shape index (κ2) is 7.90. The van der Waals surface area contributed by atoms with Gasteiger partial charge in [-0.05, 0) is 66.6 Å². The Hall–Kier alpha value is -2.93. The van der Waals surface area contributed by atoms with E-state index in [4.69, 9.17) is 11.0 Å². The van der Waals surface area contributed by atoms with E-state index in [1.54, 1.807) is 25.3 Å². The van der Waals surface area contributed by atoms with Gasteiger partial charge in [-0.3, -0.25) is 4.99 Å². The lowest BCUT2D eigenvalue weighted by Crippen LogP contribution is -2.01. The summed E-state index contributed by atoms with van der Waals surface area (Å²) in [6, 6.07) is 14.4. The van der Waals surface area contributed by atoms with Gasteiger partial charge in [0.25, 0.3) is 0 Å². The van der Waals surface area contributed by atoms with Gasteiger partial charge in [-0.25, -0.2) is 4.39 Å². The van der Waals surface area contributed by atoms with Crippen LogP contribution in [0, 0.1) is 17.1 Å². The molecular weight excluding hydrogens is 289 g/mol. The fourth-order valence-corrected chi connectivity index (χ4v) is 2.37. The lowest BCUT2D eigenvalue weighted by molar-refractivity contribution is 0.625. The molecule has 0 bridgehead atoms. The molecule has 23 heavy (non-hydrogen) atoms. The Kier molecular flexibility index (Phi) is 5.65. The number of hydrogen-bond donors (Lipinski definition) is 1. The molecule has 0 fully saturated rings. The van der Waals surface area contributed by atoms with E-state index in [9.17, 15) is 4.39 Å². The van der Waals surface area contributed by atoms with Crippen LogP contribution in [0.1, 0.15) is 22.3 Å². The van der Waals surface area contributed by atoms with Crippen LogP contribution in [0.2, 0.25) is 0 Å². The molecule has 0 heterocycles. The number of nitriles is 1. The largest absolute Gasteiger partial charge is 0.405 e. The Morgan fingerprint density at radius 2 is 1.87 bits per heavy atom. The summed E-state index contributed by atoms with van der Waals surface area (Å²) in [4.78, 5) is 4.12. The molecule has 2 aromatic carbocycles. The molecule has 0 unspecified atom stereocenters. The van der Waals surface area contributed by atoms with Crippen molar-refractivity contribution in [2.45, 2.75) is 12.8 Å². The first kappa shape index (κ1) is 16.4. The van der Waals surface area contributed by atoms with E-state index in [1.807, 2.05) is 18.2 Å². The number of nitrogens with two attached hydrogens (primary N) is 1. The Balaban J connectivity index is 2.16. The molecule has 0 spiro atoms. The van der Waals surface area contributed by atoms with Crippen LogP contribution in [0.25, 0.3) is 0 Å². The molecule has 0 saturated carbocycles. The van der Waals surface area contributed by atoms with Crippen molar-refractivity contribution in [3.8, 4) is 6.07 Å². The Bertz CT molecular complexity index is 768. The molecule has 0 saturated heterocycles. The van der Waals surface area contributed by atoms with Gasteiger partial charge < -0.3 is 5.73 Å². The molecule has 2 aromatic rings. The molecule has 0 aromatic heterocycles. The maximum absolute atomic E-state index is 13.8. The number of halogens is 1. The average Bonchev–Trinajstić information content (AvgIpc) is 2.57. The first-order valence-corrected chi connectivity index (χ1v) is 7.30. The van der Waals surface area contributed by atoms with Crippen LogP contribution in [0.15, 0.2) is 59.7 Å². The first-order chi connectivity index (χ1) is 11.2. The van der Waals surface area contributed by atoms with Gasteiger partial charge in [0.05, 0.1) is 17.3 Å². The van der Waals surface area contributed by atoms with Crippen LogP contribution in [0.4, 0.5) is 4.39 Å². The van der Waals surface area contributed by atoms with Crippen LogP contribution in [-0.4, -0.2) is 12.8 Å². The van der Waals surface area contributed by atoms with Gasteiger partial charge >= 0.3 is 0 Å². The summed E-state index contributed by atoms with van der Waals surface area (Å²) in [5.41, 5.74) is 9.40. The predicted octanol–water partition coefficient (Wildman–Crippen LogP) is 3.37. The Morgan fingerprint density at radius 1 is 1.17 bits per heavy atom. The lowest BCUT2D eigenvalue weighted by Gasteiger charge is -2.07. The van der Waals surface area contributed by atoms with Crippen molar-refractivity contribution in [1.29, 1.82) is 5.26 Å². The highest BCUT2D eigenvalue weighted by Gasteiger charge is 2.05. The van der Waals surface area contributed by atoms with E-state index in [-0.39, 0.29) is 5.82 Å². The number of hydrogen-bond acceptors (Lipinski definition) is 3. The second-order valence-corrected chi connectivity index (χ2v) is 5.12. The molecule has 116 valence electrons. The molecule has 0 aliphatic heterocycles. The van der Waals surface area contributed by atoms with Crippen molar-refractivity contribution in [3.63, 3.8) is 0 Å².